The fraction of sp³-hybridized carbons (Fsp3) is 0.500. The Labute approximate surface area is 76.4 Å². The van der Waals surface area contributed by atoms with Gasteiger partial charge >= 0.3 is 0 Å². The monoisotopic (exact) mass is 180 g/mol. The fourth-order valence-electron chi connectivity index (χ4n) is 1.60. The van der Waals surface area contributed by atoms with Gasteiger partial charge in [0.2, 0.25) is 0 Å². The summed E-state index contributed by atoms with van der Waals surface area (Å²) in [4.78, 5) is 12.8. The van der Waals surface area contributed by atoms with E-state index in [-0.39, 0.29) is 5.41 Å². The molecular weight excluding hydrogens is 168 g/mol. The van der Waals surface area contributed by atoms with E-state index in [1.54, 1.807) is 11.3 Å². The summed E-state index contributed by atoms with van der Waals surface area (Å²) in [5, 5.41) is 2.02. The Kier molecular flexibility index (Phi) is 1.62. The molecule has 2 heteroatoms. The molecule has 0 aromatic carbocycles. The van der Waals surface area contributed by atoms with Crippen molar-refractivity contribution in [1.29, 1.82) is 0 Å². The quantitative estimate of drug-likeness (QED) is 0.600. The van der Waals surface area contributed by atoms with Crippen molar-refractivity contribution >= 4 is 17.1 Å². The van der Waals surface area contributed by atoms with Crippen LogP contribution in [-0.4, -0.2) is 5.78 Å². The minimum atomic E-state index is -0.127. The molecule has 0 aliphatic heterocycles. The molecule has 0 bridgehead atoms. The zero-order valence-electron chi connectivity index (χ0n) is 7.39. The minimum absolute atomic E-state index is 0.127. The van der Waals surface area contributed by atoms with Gasteiger partial charge in [0.15, 0.2) is 5.78 Å². The van der Waals surface area contributed by atoms with Gasteiger partial charge in [-0.2, -0.15) is 0 Å². The molecule has 0 N–H and O–H groups in total. The summed E-state index contributed by atoms with van der Waals surface area (Å²) in [6.45, 7) is 4.08. The highest BCUT2D eigenvalue weighted by Gasteiger charge is 2.34. The molecule has 0 fully saturated rings. The second-order valence-corrected chi connectivity index (χ2v) is 4.90. The standard InChI is InChI=1S/C10H12OS/c1-10(2)5-3-7-4-6-12-8(7)9(10)11/h4,6H,3,5H2,1-2H3. The molecule has 1 nitrogen and oxygen atoms in total. The van der Waals surface area contributed by atoms with Crippen molar-refractivity contribution in [2.24, 2.45) is 5.41 Å². The van der Waals surface area contributed by atoms with E-state index >= 15 is 0 Å². The number of thiophene rings is 1. The lowest BCUT2D eigenvalue weighted by Crippen LogP contribution is -2.28. The number of fused-ring (bicyclic) bond motifs is 1. The second kappa shape index (κ2) is 2.43. The Morgan fingerprint density at radius 2 is 2.25 bits per heavy atom. The molecule has 64 valence electrons. The van der Waals surface area contributed by atoms with E-state index in [2.05, 4.69) is 6.07 Å². The Morgan fingerprint density at radius 1 is 1.50 bits per heavy atom. The number of carbonyl (C=O) groups excluding carboxylic acids is 1. The normalized spacial score (nSPS) is 20.7. The number of hydrogen-bond donors (Lipinski definition) is 0. The van der Waals surface area contributed by atoms with E-state index in [0.717, 1.165) is 17.7 Å². The summed E-state index contributed by atoms with van der Waals surface area (Å²) in [5.41, 5.74) is 1.13. The van der Waals surface area contributed by atoms with E-state index in [0.29, 0.717) is 5.78 Å². The number of carbonyl (C=O) groups is 1. The molecule has 0 unspecified atom stereocenters. The Hall–Kier alpha value is -0.630. The Morgan fingerprint density at radius 3 is 3.00 bits per heavy atom. The molecule has 2 rings (SSSR count). The van der Waals surface area contributed by atoms with Crippen LogP contribution in [0, 0.1) is 5.41 Å². The van der Waals surface area contributed by atoms with Crippen LogP contribution in [-0.2, 0) is 6.42 Å². The van der Waals surface area contributed by atoms with Gasteiger partial charge in [-0.05, 0) is 29.9 Å². The summed E-state index contributed by atoms with van der Waals surface area (Å²) < 4.78 is 0. The first-order valence-electron chi connectivity index (χ1n) is 4.22. The average molecular weight is 180 g/mol. The highest BCUT2D eigenvalue weighted by molar-refractivity contribution is 7.12. The number of Topliss-reactive ketones (excluding diaryl/α,β-unsaturated/α-hetero) is 1. The van der Waals surface area contributed by atoms with Crippen molar-refractivity contribution in [3.63, 3.8) is 0 Å². The maximum Gasteiger partial charge on any atom is 0.178 e. The third-order valence-electron chi connectivity index (χ3n) is 2.59. The summed E-state index contributed by atoms with van der Waals surface area (Å²) in [5.74, 6) is 0.332. The van der Waals surface area contributed by atoms with Crippen LogP contribution in [0.1, 0.15) is 35.5 Å². The highest BCUT2D eigenvalue weighted by Crippen LogP contribution is 2.36. The van der Waals surface area contributed by atoms with E-state index in [9.17, 15) is 4.79 Å². The molecule has 1 aliphatic carbocycles. The molecule has 0 radical (unpaired) electrons. The highest BCUT2D eigenvalue weighted by atomic mass is 32.1. The third-order valence-corrected chi connectivity index (χ3v) is 3.54. The molecule has 0 spiro atoms. The van der Waals surface area contributed by atoms with E-state index in [1.165, 1.54) is 5.56 Å². The average Bonchev–Trinajstić information content (AvgIpc) is 2.45. The van der Waals surface area contributed by atoms with Gasteiger partial charge in [0, 0.05) is 5.41 Å². The lowest BCUT2D eigenvalue weighted by molar-refractivity contribution is 0.0816. The number of aryl methyl sites for hydroxylation is 1. The van der Waals surface area contributed by atoms with Crippen LogP contribution < -0.4 is 0 Å². The summed E-state index contributed by atoms with van der Waals surface area (Å²) in [6, 6.07) is 2.08. The van der Waals surface area contributed by atoms with Crippen molar-refractivity contribution < 1.29 is 4.79 Å². The predicted molar refractivity (Wildman–Crippen MR) is 50.8 cm³/mol. The van der Waals surface area contributed by atoms with Gasteiger partial charge in [-0.15, -0.1) is 11.3 Å². The van der Waals surface area contributed by atoms with Gasteiger partial charge in [-0.25, -0.2) is 0 Å². The van der Waals surface area contributed by atoms with Gasteiger partial charge in [0.25, 0.3) is 0 Å². The minimum Gasteiger partial charge on any atom is -0.293 e. The van der Waals surface area contributed by atoms with Crippen LogP contribution in [0.5, 0.6) is 0 Å². The van der Waals surface area contributed by atoms with Crippen LogP contribution >= 0.6 is 11.3 Å². The first-order chi connectivity index (χ1) is 5.61. The van der Waals surface area contributed by atoms with Crippen LogP contribution in [0.4, 0.5) is 0 Å². The lowest BCUT2D eigenvalue weighted by Gasteiger charge is -2.27. The van der Waals surface area contributed by atoms with Gasteiger partial charge in [0.1, 0.15) is 0 Å². The fourth-order valence-corrected chi connectivity index (χ4v) is 2.67. The predicted octanol–water partition coefficient (Wildman–Crippen LogP) is 2.90. The van der Waals surface area contributed by atoms with Gasteiger partial charge in [-0.1, -0.05) is 13.8 Å². The molecule has 0 atom stereocenters. The topological polar surface area (TPSA) is 17.1 Å². The van der Waals surface area contributed by atoms with Crippen LogP contribution in [0.3, 0.4) is 0 Å². The van der Waals surface area contributed by atoms with Crippen LogP contribution in [0.25, 0.3) is 0 Å². The van der Waals surface area contributed by atoms with Crippen molar-refractivity contribution in [1.82, 2.24) is 0 Å². The Bertz CT molecular complexity index is 322. The largest absolute Gasteiger partial charge is 0.293 e. The van der Waals surface area contributed by atoms with Crippen molar-refractivity contribution in [3.05, 3.63) is 21.9 Å². The lowest BCUT2D eigenvalue weighted by atomic mass is 9.77. The summed E-state index contributed by atoms with van der Waals surface area (Å²) in [7, 11) is 0. The van der Waals surface area contributed by atoms with E-state index in [1.807, 2.05) is 19.2 Å². The van der Waals surface area contributed by atoms with E-state index < -0.39 is 0 Å². The molecule has 1 heterocycles. The molecular formula is C10H12OS. The second-order valence-electron chi connectivity index (χ2n) is 3.99. The van der Waals surface area contributed by atoms with Gasteiger partial charge < -0.3 is 0 Å². The first-order valence-corrected chi connectivity index (χ1v) is 5.10. The molecule has 12 heavy (non-hydrogen) atoms. The third kappa shape index (κ3) is 1.02. The molecule has 0 saturated heterocycles. The SMILES string of the molecule is CC1(C)CCc2ccsc2C1=O. The summed E-state index contributed by atoms with van der Waals surface area (Å²) in [6.07, 6.45) is 2.06. The van der Waals surface area contributed by atoms with E-state index in [4.69, 9.17) is 0 Å². The number of ketones is 1. The maximum atomic E-state index is 11.8. The van der Waals surface area contributed by atoms with Gasteiger partial charge in [0.05, 0.1) is 4.88 Å². The number of rotatable bonds is 0. The first kappa shape index (κ1) is 7.99. The maximum absolute atomic E-state index is 11.8. The Balaban J connectivity index is 2.49. The molecule has 0 amide bonds. The number of hydrogen-bond acceptors (Lipinski definition) is 2. The van der Waals surface area contributed by atoms with Crippen molar-refractivity contribution in [2.75, 3.05) is 0 Å². The van der Waals surface area contributed by atoms with Crippen LogP contribution in [0.2, 0.25) is 0 Å². The molecule has 0 saturated carbocycles. The van der Waals surface area contributed by atoms with Crippen molar-refractivity contribution in [2.45, 2.75) is 26.7 Å². The van der Waals surface area contributed by atoms with Gasteiger partial charge in [-0.3, -0.25) is 4.79 Å². The zero-order valence-corrected chi connectivity index (χ0v) is 8.20. The van der Waals surface area contributed by atoms with Crippen LogP contribution in [0.15, 0.2) is 11.4 Å². The molecule has 1 aromatic rings. The van der Waals surface area contributed by atoms with Crippen molar-refractivity contribution in [3.8, 4) is 0 Å². The summed E-state index contributed by atoms with van der Waals surface area (Å²) >= 11 is 1.59. The zero-order chi connectivity index (χ0) is 8.77. The molecule has 1 aliphatic rings. The molecule has 1 aromatic heterocycles. The smallest absolute Gasteiger partial charge is 0.178 e.